The topological polar surface area (TPSA) is 54.2 Å². The molecule has 1 saturated heterocycles. The largest absolute Gasteiger partial charge is 0.339 e. The minimum absolute atomic E-state index is 0.543. The molecular weight excluding hydrogens is 312 g/mol. The standard InChI is InChI=1S/C20H28N4O/c1-2-6-16(7-3-1)8-4-12-21-18-9-5-13-24(14-18)15-19-22-20(25-23-19)17-10-11-17/h1-3,6-7,17-18,21H,4-5,8-15H2/t18-/m1/s1. The molecule has 1 aliphatic carbocycles. The van der Waals surface area contributed by atoms with Crippen LogP contribution in [0.3, 0.4) is 0 Å². The van der Waals surface area contributed by atoms with Crippen LogP contribution in [0.4, 0.5) is 0 Å². The molecule has 0 unspecified atom stereocenters. The van der Waals surface area contributed by atoms with Gasteiger partial charge >= 0.3 is 0 Å². The van der Waals surface area contributed by atoms with Gasteiger partial charge in [0.25, 0.3) is 0 Å². The van der Waals surface area contributed by atoms with Crippen molar-refractivity contribution in [2.75, 3.05) is 19.6 Å². The average molecular weight is 340 g/mol. The fourth-order valence-corrected chi connectivity index (χ4v) is 3.64. The summed E-state index contributed by atoms with van der Waals surface area (Å²) in [7, 11) is 0. The molecule has 1 aromatic heterocycles. The van der Waals surface area contributed by atoms with Gasteiger partial charge in [-0.2, -0.15) is 4.98 Å². The first-order valence-corrected chi connectivity index (χ1v) is 9.69. The monoisotopic (exact) mass is 340 g/mol. The SMILES string of the molecule is c1ccc(CCCN[C@@H]2CCCN(Cc3noc(C4CC4)n3)C2)cc1. The normalized spacial score (nSPS) is 21.5. The Labute approximate surface area is 149 Å². The lowest BCUT2D eigenvalue weighted by Crippen LogP contribution is -2.45. The van der Waals surface area contributed by atoms with E-state index in [1.807, 2.05) is 0 Å². The van der Waals surface area contributed by atoms with Crippen LogP contribution < -0.4 is 5.32 Å². The van der Waals surface area contributed by atoms with Crippen LogP contribution in [0.2, 0.25) is 0 Å². The summed E-state index contributed by atoms with van der Waals surface area (Å²) in [5.41, 5.74) is 1.43. The zero-order chi connectivity index (χ0) is 16.9. The van der Waals surface area contributed by atoms with Gasteiger partial charge in [0, 0.05) is 18.5 Å². The van der Waals surface area contributed by atoms with E-state index in [-0.39, 0.29) is 0 Å². The van der Waals surface area contributed by atoms with Gasteiger partial charge in [0.2, 0.25) is 5.89 Å². The van der Waals surface area contributed by atoms with Crippen molar-refractivity contribution in [2.24, 2.45) is 0 Å². The molecule has 0 radical (unpaired) electrons. The molecule has 134 valence electrons. The Hall–Kier alpha value is -1.72. The number of nitrogens with zero attached hydrogens (tertiary/aromatic N) is 3. The summed E-state index contributed by atoms with van der Waals surface area (Å²) in [5, 5.41) is 7.89. The van der Waals surface area contributed by atoms with E-state index in [1.165, 1.54) is 37.7 Å². The van der Waals surface area contributed by atoms with Crippen molar-refractivity contribution in [2.45, 2.75) is 57.0 Å². The Bertz CT molecular complexity index is 653. The Morgan fingerprint density at radius 1 is 1.16 bits per heavy atom. The molecule has 1 N–H and O–H groups in total. The number of piperidine rings is 1. The van der Waals surface area contributed by atoms with Gasteiger partial charge in [0.05, 0.1) is 6.54 Å². The first-order chi connectivity index (χ1) is 12.4. The van der Waals surface area contributed by atoms with Gasteiger partial charge in [-0.25, -0.2) is 0 Å². The lowest BCUT2D eigenvalue weighted by atomic mass is 10.0. The number of hydrogen-bond donors (Lipinski definition) is 1. The Morgan fingerprint density at radius 3 is 2.88 bits per heavy atom. The van der Waals surface area contributed by atoms with Crippen LogP contribution in [0, 0.1) is 0 Å². The first kappa shape index (κ1) is 16.7. The molecule has 0 bridgehead atoms. The highest BCUT2D eigenvalue weighted by Gasteiger charge is 2.30. The maximum absolute atomic E-state index is 5.38. The molecule has 5 heteroatoms. The molecule has 0 amide bonds. The number of rotatable bonds is 8. The van der Waals surface area contributed by atoms with Crippen LogP contribution in [0.5, 0.6) is 0 Å². The third kappa shape index (κ3) is 4.89. The van der Waals surface area contributed by atoms with E-state index in [4.69, 9.17) is 4.52 Å². The number of benzene rings is 1. The third-order valence-corrected chi connectivity index (χ3v) is 5.20. The fourth-order valence-electron chi connectivity index (χ4n) is 3.64. The Balaban J connectivity index is 1.18. The van der Waals surface area contributed by atoms with Gasteiger partial charge < -0.3 is 9.84 Å². The van der Waals surface area contributed by atoms with Crippen LogP contribution in [0.15, 0.2) is 34.9 Å². The molecule has 4 rings (SSSR count). The predicted molar refractivity (Wildman–Crippen MR) is 97.3 cm³/mol. The van der Waals surface area contributed by atoms with E-state index in [2.05, 4.69) is 50.7 Å². The van der Waals surface area contributed by atoms with E-state index >= 15 is 0 Å². The van der Waals surface area contributed by atoms with Crippen LogP contribution in [0.25, 0.3) is 0 Å². The lowest BCUT2D eigenvalue weighted by Gasteiger charge is -2.32. The third-order valence-electron chi connectivity index (χ3n) is 5.20. The Kier molecular flexibility index (Phi) is 5.43. The maximum atomic E-state index is 5.38. The second kappa shape index (κ2) is 8.11. The molecule has 1 saturated carbocycles. The predicted octanol–water partition coefficient (Wildman–Crippen LogP) is 3.13. The summed E-state index contributed by atoms with van der Waals surface area (Å²) in [4.78, 5) is 7.02. The second-order valence-corrected chi connectivity index (χ2v) is 7.44. The quantitative estimate of drug-likeness (QED) is 0.748. The average Bonchev–Trinajstić information content (AvgIpc) is 3.40. The minimum atomic E-state index is 0.543. The lowest BCUT2D eigenvalue weighted by molar-refractivity contribution is 0.178. The maximum Gasteiger partial charge on any atom is 0.229 e. The molecule has 25 heavy (non-hydrogen) atoms. The highest BCUT2D eigenvalue weighted by atomic mass is 16.5. The van der Waals surface area contributed by atoms with Gasteiger partial charge in [-0.05, 0) is 57.2 Å². The molecule has 2 heterocycles. The molecule has 2 aromatic rings. The van der Waals surface area contributed by atoms with Gasteiger partial charge in [0.1, 0.15) is 0 Å². The smallest absolute Gasteiger partial charge is 0.229 e. The van der Waals surface area contributed by atoms with Gasteiger partial charge in [-0.15, -0.1) is 0 Å². The van der Waals surface area contributed by atoms with Crippen LogP contribution in [-0.2, 0) is 13.0 Å². The summed E-state index contributed by atoms with van der Waals surface area (Å²) < 4.78 is 5.38. The number of likely N-dealkylation sites (tertiary alicyclic amines) is 1. The first-order valence-electron chi connectivity index (χ1n) is 9.69. The summed E-state index contributed by atoms with van der Waals surface area (Å²) in [6.07, 6.45) is 7.26. The molecule has 1 aromatic carbocycles. The number of nitrogens with one attached hydrogen (secondary N) is 1. The van der Waals surface area contributed by atoms with Gasteiger partial charge in [0.15, 0.2) is 5.82 Å². The summed E-state index contributed by atoms with van der Waals surface area (Å²) in [5.74, 6) is 2.25. The number of hydrogen-bond acceptors (Lipinski definition) is 5. The number of aryl methyl sites for hydroxylation is 1. The van der Waals surface area contributed by atoms with E-state index in [9.17, 15) is 0 Å². The van der Waals surface area contributed by atoms with Crippen molar-refractivity contribution in [3.05, 3.63) is 47.6 Å². The molecule has 2 fully saturated rings. The highest BCUT2D eigenvalue weighted by Crippen LogP contribution is 2.38. The van der Waals surface area contributed by atoms with E-state index in [1.54, 1.807) is 0 Å². The van der Waals surface area contributed by atoms with Crippen LogP contribution >= 0.6 is 0 Å². The minimum Gasteiger partial charge on any atom is -0.339 e. The zero-order valence-corrected chi connectivity index (χ0v) is 14.9. The molecule has 1 atom stereocenters. The van der Waals surface area contributed by atoms with Crippen LogP contribution in [0.1, 0.15) is 55.3 Å². The van der Waals surface area contributed by atoms with Crippen molar-refractivity contribution >= 4 is 0 Å². The molecule has 1 aliphatic heterocycles. The van der Waals surface area contributed by atoms with Gasteiger partial charge in [-0.3, -0.25) is 4.90 Å². The molecular formula is C20H28N4O. The molecule has 5 nitrogen and oxygen atoms in total. The van der Waals surface area contributed by atoms with Crippen molar-refractivity contribution in [3.8, 4) is 0 Å². The van der Waals surface area contributed by atoms with Crippen molar-refractivity contribution < 1.29 is 4.52 Å². The van der Waals surface area contributed by atoms with E-state index in [0.29, 0.717) is 12.0 Å². The van der Waals surface area contributed by atoms with E-state index in [0.717, 1.165) is 44.3 Å². The number of aromatic nitrogens is 2. The summed E-state index contributed by atoms with van der Waals surface area (Å²) in [6.45, 7) is 4.12. The molecule has 2 aliphatic rings. The van der Waals surface area contributed by atoms with Crippen molar-refractivity contribution in [3.63, 3.8) is 0 Å². The van der Waals surface area contributed by atoms with Crippen molar-refractivity contribution in [1.82, 2.24) is 20.4 Å². The fraction of sp³-hybridized carbons (Fsp3) is 0.600. The highest BCUT2D eigenvalue weighted by molar-refractivity contribution is 5.14. The van der Waals surface area contributed by atoms with Crippen LogP contribution in [-0.4, -0.2) is 40.7 Å². The van der Waals surface area contributed by atoms with Crippen molar-refractivity contribution in [1.29, 1.82) is 0 Å². The zero-order valence-electron chi connectivity index (χ0n) is 14.9. The second-order valence-electron chi connectivity index (χ2n) is 7.44. The Morgan fingerprint density at radius 2 is 2.04 bits per heavy atom. The molecule has 0 spiro atoms. The summed E-state index contributed by atoms with van der Waals surface area (Å²) in [6, 6.07) is 11.3. The van der Waals surface area contributed by atoms with Gasteiger partial charge in [-0.1, -0.05) is 35.5 Å². The summed E-state index contributed by atoms with van der Waals surface area (Å²) >= 11 is 0. The van der Waals surface area contributed by atoms with E-state index < -0.39 is 0 Å².